The first-order valence-electron chi connectivity index (χ1n) is 9.26. The standard InChI is InChI=1S/C19H29ClN4O/c1-3-21-19(23(2)12-15-7-4-5-9-18(15)20)22-11-17-13-24-10-6-8-16(24)14-25-17/h4-5,7,9,16-17H,3,6,8,10-14H2,1-2H3,(H,21,22). The van der Waals surface area contributed by atoms with Gasteiger partial charge in [0.25, 0.3) is 0 Å². The minimum absolute atomic E-state index is 0.191. The first kappa shape index (κ1) is 18.5. The zero-order chi connectivity index (χ0) is 17.6. The molecule has 2 unspecified atom stereocenters. The smallest absolute Gasteiger partial charge is 0.194 e. The van der Waals surface area contributed by atoms with E-state index in [4.69, 9.17) is 21.3 Å². The molecular weight excluding hydrogens is 336 g/mol. The lowest BCUT2D eigenvalue weighted by molar-refractivity contribution is -0.0432. The number of rotatable bonds is 5. The van der Waals surface area contributed by atoms with Crippen molar-refractivity contribution in [2.75, 3.05) is 39.8 Å². The predicted octanol–water partition coefficient (Wildman–Crippen LogP) is 2.60. The third kappa shape index (κ3) is 4.87. The van der Waals surface area contributed by atoms with Gasteiger partial charge in [-0.25, -0.2) is 0 Å². The molecular formula is C19H29ClN4O. The van der Waals surface area contributed by atoms with Crippen molar-refractivity contribution < 1.29 is 4.74 Å². The van der Waals surface area contributed by atoms with Crippen LogP contribution in [-0.2, 0) is 11.3 Å². The highest BCUT2D eigenvalue weighted by atomic mass is 35.5. The van der Waals surface area contributed by atoms with E-state index in [0.717, 1.165) is 42.8 Å². The van der Waals surface area contributed by atoms with E-state index in [9.17, 15) is 0 Å². The molecule has 5 nitrogen and oxygen atoms in total. The molecule has 3 rings (SSSR count). The normalized spacial score (nSPS) is 24.2. The summed E-state index contributed by atoms with van der Waals surface area (Å²) in [4.78, 5) is 9.49. The number of nitrogens with zero attached hydrogens (tertiary/aromatic N) is 3. The Balaban J connectivity index is 1.59. The monoisotopic (exact) mass is 364 g/mol. The number of hydrogen-bond acceptors (Lipinski definition) is 3. The third-order valence-corrected chi connectivity index (χ3v) is 5.34. The number of fused-ring (bicyclic) bond motifs is 1. The molecule has 0 amide bonds. The van der Waals surface area contributed by atoms with Crippen LogP contribution in [0.3, 0.4) is 0 Å². The van der Waals surface area contributed by atoms with Crippen molar-refractivity contribution >= 4 is 17.6 Å². The van der Waals surface area contributed by atoms with Crippen LogP contribution < -0.4 is 5.32 Å². The van der Waals surface area contributed by atoms with Crippen LogP contribution in [-0.4, -0.2) is 67.7 Å². The second-order valence-electron chi connectivity index (χ2n) is 6.89. The first-order valence-corrected chi connectivity index (χ1v) is 9.63. The molecule has 2 aliphatic rings. The van der Waals surface area contributed by atoms with Crippen LogP contribution in [0.4, 0.5) is 0 Å². The van der Waals surface area contributed by atoms with Crippen molar-refractivity contribution in [2.45, 2.75) is 38.5 Å². The molecule has 0 aromatic heterocycles. The van der Waals surface area contributed by atoms with Gasteiger partial charge in [0.15, 0.2) is 5.96 Å². The van der Waals surface area contributed by atoms with E-state index < -0.39 is 0 Å². The number of nitrogens with one attached hydrogen (secondary N) is 1. The molecule has 1 aromatic rings. The van der Waals surface area contributed by atoms with Crippen LogP contribution in [0, 0.1) is 0 Å². The van der Waals surface area contributed by atoms with Crippen molar-refractivity contribution in [3.05, 3.63) is 34.9 Å². The lowest BCUT2D eigenvalue weighted by Crippen LogP contribution is -2.47. The zero-order valence-electron chi connectivity index (χ0n) is 15.2. The van der Waals surface area contributed by atoms with E-state index in [1.165, 1.54) is 19.4 Å². The van der Waals surface area contributed by atoms with Gasteiger partial charge in [-0.2, -0.15) is 0 Å². The van der Waals surface area contributed by atoms with Crippen LogP contribution >= 0.6 is 11.6 Å². The summed E-state index contributed by atoms with van der Waals surface area (Å²) in [5, 5.41) is 4.16. The molecule has 0 saturated carbocycles. The summed E-state index contributed by atoms with van der Waals surface area (Å²) in [5.41, 5.74) is 1.10. The van der Waals surface area contributed by atoms with Crippen LogP contribution in [0.2, 0.25) is 5.02 Å². The molecule has 2 heterocycles. The van der Waals surface area contributed by atoms with Gasteiger partial charge in [0.05, 0.1) is 19.3 Å². The molecule has 2 aliphatic heterocycles. The summed E-state index contributed by atoms with van der Waals surface area (Å²) in [7, 11) is 2.04. The van der Waals surface area contributed by atoms with Crippen molar-refractivity contribution in [1.82, 2.24) is 15.1 Å². The molecule has 2 fully saturated rings. The molecule has 0 spiro atoms. The van der Waals surface area contributed by atoms with Gasteiger partial charge < -0.3 is 15.0 Å². The molecule has 25 heavy (non-hydrogen) atoms. The fraction of sp³-hybridized carbons (Fsp3) is 0.632. The van der Waals surface area contributed by atoms with Gasteiger partial charge in [-0.3, -0.25) is 9.89 Å². The Morgan fingerprint density at radius 2 is 2.28 bits per heavy atom. The van der Waals surface area contributed by atoms with Crippen molar-refractivity contribution in [1.29, 1.82) is 0 Å². The summed E-state index contributed by atoms with van der Waals surface area (Å²) in [6.45, 7) is 7.41. The second kappa shape index (κ2) is 8.88. The summed E-state index contributed by atoms with van der Waals surface area (Å²) in [5.74, 6) is 0.898. The van der Waals surface area contributed by atoms with Gasteiger partial charge in [0.2, 0.25) is 0 Å². The van der Waals surface area contributed by atoms with E-state index in [1.807, 2.05) is 25.2 Å². The van der Waals surface area contributed by atoms with Crippen LogP contribution in [0.25, 0.3) is 0 Å². The summed E-state index contributed by atoms with van der Waals surface area (Å²) < 4.78 is 6.02. The SMILES string of the molecule is CCNC(=NCC1CN2CCCC2CO1)N(C)Cc1ccccc1Cl. The highest BCUT2D eigenvalue weighted by Crippen LogP contribution is 2.22. The molecule has 138 valence electrons. The largest absolute Gasteiger partial charge is 0.373 e. The number of halogens is 1. The van der Waals surface area contributed by atoms with E-state index >= 15 is 0 Å². The number of ether oxygens (including phenoxy) is 1. The first-order chi connectivity index (χ1) is 12.2. The van der Waals surface area contributed by atoms with Crippen LogP contribution in [0.15, 0.2) is 29.3 Å². The number of hydrogen-bond donors (Lipinski definition) is 1. The summed E-state index contributed by atoms with van der Waals surface area (Å²) in [6, 6.07) is 8.59. The lowest BCUT2D eigenvalue weighted by Gasteiger charge is -2.34. The second-order valence-corrected chi connectivity index (χ2v) is 7.30. The highest BCUT2D eigenvalue weighted by molar-refractivity contribution is 6.31. The van der Waals surface area contributed by atoms with Crippen molar-refractivity contribution in [2.24, 2.45) is 4.99 Å². The Morgan fingerprint density at radius 3 is 3.08 bits per heavy atom. The fourth-order valence-corrected chi connectivity index (χ4v) is 3.81. The molecule has 0 aliphatic carbocycles. The Labute approximate surface area is 156 Å². The van der Waals surface area contributed by atoms with Gasteiger partial charge in [0, 0.05) is 37.7 Å². The topological polar surface area (TPSA) is 40.1 Å². The third-order valence-electron chi connectivity index (χ3n) is 4.97. The Morgan fingerprint density at radius 1 is 1.44 bits per heavy atom. The van der Waals surface area contributed by atoms with E-state index in [-0.39, 0.29) is 6.10 Å². The molecule has 0 bridgehead atoms. The molecule has 0 radical (unpaired) electrons. The Kier molecular flexibility index (Phi) is 6.57. The molecule has 1 N–H and O–H groups in total. The number of morpholine rings is 1. The average molecular weight is 365 g/mol. The molecule has 6 heteroatoms. The number of guanidine groups is 1. The van der Waals surface area contributed by atoms with Gasteiger partial charge in [-0.15, -0.1) is 0 Å². The minimum atomic E-state index is 0.191. The molecule has 2 saturated heterocycles. The van der Waals surface area contributed by atoms with Gasteiger partial charge >= 0.3 is 0 Å². The van der Waals surface area contributed by atoms with E-state index in [1.54, 1.807) is 0 Å². The minimum Gasteiger partial charge on any atom is -0.373 e. The predicted molar refractivity (Wildman–Crippen MR) is 103 cm³/mol. The maximum atomic E-state index is 6.29. The van der Waals surface area contributed by atoms with E-state index in [2.05, 4.69) is 28.1 Å². The van der Waals surface area contributed by atoms with Gasteiger partial charge in [-0.05, 0) is 37.9 Å². The number of aliphatic imine (C=N–C) groups is 1. The molecule has 1 aromatic carbocycles. The van der Waals surface area contributed by atoms with Crippen LogP contribution in [0.1, 0.15) is 25.3 Å². The summed E-state index contributed by atoms with van der Waals surface area (Å²) >= 11 is 6.29. The lowest BCUT2D eigenvalue weighted by atomic mass is 10.2. The van der Waals surface area contributed by atoms with Gasteiger partial charge in [0.1, 0.15) is 0 Å². The van der Waals surface area contributed by atoms with E-state index in [0.29, 0.717) is 12.6 Å². The Hall–Kier alpha value is -1.30. The van der Waals surface area contributed by atoms with Gasteiger partial charge in [-0.1, -0.05) is 29.8 Å². The quantitative estimate of drug-likeness (QED) is 0.644. The maximum Gasteiger partial charge on any atom is 0.194 e. The Bertz CT molecular complexity index is 595. The summed E-state index contributed by atoms with van der Waals surface area (Å²) in [6.07, 6.45) is 2.77. The maximum absolute atomic E-state index is 6.29. The number of benzene rings is 1. The molecule has 2 atom stereocenters. The van der Waals surface area contributed by atoms with Crippen molar-refractivity contribution in [3.63, 3.8) is 0 Å². The van der Waals surface area contributed by atoms with Crippen LogP contribution in [0.5, 0.6) is 0 Å². The average Bonchev–Trinajstić information content (AvgIpc) is 3.08. The van der Waals surface area contributed by atoms with Crippen molar-refractivity contribution in [3.8, 4) is 0 Å². The zero-order valence-corrected chi connectivity index (χ0v) is 16.0. The highest BCUT2D eigenvalue weighted by Gasteiger charge is 2.32. The fourth-order valence-electron chi connectivity index (χ4n) is 3.61.